The van der Waals surface area contributed by atoms with E-state index in [-0.39, 0.29) is 23.1 Å². The summed E-state index contributed by atoms with van der Waals surface area (Å²) in [4.78, 5) is 11.3. The second-order valence-electron chi connectivity index (χ2n) is 3.51. The molecular weight excluding hydrogens is 218 g/mol. The van der Waals surface area contributed by atoms with Crippen LogP contribution >= 0.6 is 0 Å². The summed E-state index contributed by atoms with van der Waals surface area (Å²) in [6, 6.07) is 0. The zero-order valence-corrected chi connectivity index (χ0v) is 9.26. The maximum atomic E-state index is 11.8. The number of fused-ring (bicyclic) bond motifs is 1. The van der Waals surface area contributed by atoms with Gasteiger partial charge in [-0.05, 0) is 6.92 Å². The first-order chi connectivity index (χ1) is 6.92. The van der Waals surface area contributed by atoms with Crippen LogP contribution in [0.2, 0.25) is 0 Å². The highest BCUT2D eigenvalue weighted by molar-refractivity contribution is 7.91. The van der Waals surface area contributed by atoms with Gasteiger partial charge in [-0.1, -0.05) is 0 Å². The zero-order chi connectivity index (χ0) is 11.2. The summed E-state index contributed by atoms with van der Waals surface area (Å²) in [5, 5.41) is 6.66. The van der Waals surface area contributed by atoms with Gasteiger partial charge in [0.1, 0.15) is 5.69 Å². The number of aryl methyl sites for hydroxylation is 2. The molecule has 2 heterocycles. The standard InChI is InChI=1S/C8H11N3O3S/c1-5-7-8(11(2)10-5)15(13,14)4-3-6(12)9-7/h3-4H2,1-2H3,(H,9,12). The normalized spacial score (nSPS) is 19.2. The Balaban J connectivity index is 2.74. The Bertz CT molecular complexity index is 530. The van der Waals surface area contributed by atoms with Crippen LogP contribution in [0.5, 0.6) is 0 Å². The molecule has 15 heavy (non-hydrogen) atoms. The molecule has 0 atom stereocenters. The minimum atomic E-state index is -3.40. The van der Waals surface area contributed by atoms with Crippen LogP contribution in [-0.4, -0.2) is 29.9 Å². The lowest BCUT2D eigenvalue weighted by Gasteiger charge is -2.01. The number of carbonyl (C=O) groups excluding carboxylic acids is 1. The molecule has 1 N–H and O–H groups in total. The van der Waals surface area contributed by atoms with Crippen LogP contribution < -0.4 is 5.32 Å². The SMILES string of the molecule is Cc1nn(C)c2c1NC(=O)CCS2(=O)=O. The molecule has 0 spiro atoms. The number of sulfone groups is 1. The van der Waals surface area contributed by atoms with Crippen molar-refractivity contribution in [3.63, 3.8) is 0 Å². The first-order valence-electron chi connectivity index (χ1n) is 4.48. The second kappa shape index (κ2) is 3.06. The Morgan fingerprint density at radius 3 is 2.80 bits per heavy atom. The molecule has 82 valence electrons. The smallest absolute Gasteiger partial charge is 0.225 e. The molecule has 0 fully saturated rings. The highest BCUT2D eigenvalue weighted by atomic mass is 32.2. The number of rotatable bonds is 0. The number of anilines is 1. The first-order valence-corrected chi connectivity index (χ1v) is 6.13. The number of hydrogen-bond acceptors (Lipinski definition) is 4. The van der Waals surface area contributed by atoms with Gasteiger partial charge in [0.05, 0.1) is 11.4 Å². The number of nitrogens with zero attached hydrogens (tertiary/aromatic N) is 2. The lowest BCUT2D eigenvalue weighted by atomic mass is 10.3. The van der Waals surface area contributed by atoms with Gasteiger partial charge in [0, 0.05) is 13.5 Å². The van der Waals surface area contributed by atoms with Crippen LogP contribution in [0, 0.1) is 6.92 Å². The number of carbonyl (C=O) groups is 1. The van der Waals surface area contributed by atoms with E-state index in [1.807, 2.05) is 0 Å². The fourth-order valence-electron chi connectivity index (χ4n) is 1.66. The maximum absolute atomic E-state index is 11.8. The minimum absolute atomic E-state index is 0.00352. The van der Waals surface area contributed by atoms with Gasteiger partial charge in [-0.2, -0.15) is 5.10 Å². The molecular formula is C8H11N3O3S. The number of amides is 1. The lowest BCUT2D eigenvalue weighted by Crippen LogP contribution is -2.13. The van der Waals surface area contributed by atoms with E-state index in [4.69, 9.17) is 0 Å². The third kappa shape index (κ3) is 1.52. The van der Waals surface area contributed by atoms with E-state index in [1.165, 1.54) is 4.68 Å². The van der Waals surface area contributed by atoms with Crippen molar-refractivity contribution in [2.75, 3.05) is 11.1 Å². The fourth-order valence-corrected chi connectivity index (χ4v) is 3.26. The van der Waals surface area contributed by atoms with Gasteiger partial charge >= 0.3 is 0 Å². The Labute approximate surface area is 87.2 Å². The molecule has 0 radical (unpaired) electrons. The third-order valence-electron chi connectivity index (χ3n) is 2.33. The van der Waals surface area contributed by atoms with Crippen molar-refractivity contribution in [1.82, 2.24) is 9.78 Å². The molecule has 6 nitrogen and oxygen atoms in total. The summed E-state index contributed by atoms with van der Waals surface area (Å²) in [7, 11) is -1.85. The van der Waals surface area contributed by atoms with Gasteiger partial charge in [0.15, 0.2) is 14.9 Å². The topological polar surface area (TPSA) is 81.1 Å². The van der Waals surface area contributed by atoms with Crippen LogP contribution in [0.4, 0.5) is 5.69 Å². The highest BCUT2D eigenvalue weighted by Gasteiger charge is 2.30. The Morgan fingerprint density at radius 2 is 2.13 bits per heavy atom. The van der Waals surface area contributed by atoms with Crippen molar-refractivity contribution in [2.45, 2.75) is 18.4 Å². The van der Waals surface area contributed by atoms with E-state index in [0.29, 0.717) is 11.4 Å². The molecule has 1 aromatic heterocycles. The van der Waals surface area contributed by atoms with Crippen LogP contribution in [-0.2, 0) is 21.7 Å². The predicted octanol–water partition coefficient (Wildman–Crippen LogP) is -0.156. The molecule has 1 aliphatic heterocycles. The van der Waals surface area contributed by atoms with E-state index in [0.717, 1.165) is 0 Å². The maximum Gasteiger partial charge on any atom is 0.225 e. The number of nitrogens with one attached hydrogen (secondary N) is 1. The third-order valence-corrected chi connectivity index (χ3v) is 4.13. The zero-order valence-electron chi connectivity index (χ0n) is 8.44. The fraction of sp³-hybridized carbons (Fsp3) is 0.500. The molecule has 0 aliphatic carbocycles. The average Bonchev–Trinajstić information content (AvgIpc) is 2.31. The van der Waals surface area contributed by atoms with Crippen LogP contribution in [0.3, 0.4) is 0 Å². The molecule has 0 saturated carbocycles. The van der Waals surface area contributed by atoms with Crippen molar-refractivity contribution >= 4 is 21.4 Å². The monoisotopic (exact) mass is 229 g/mol. The minimum Gasteiger partial charge on any atom is -0.322 e. The number of hydrogen-bond donors (Lipinski definition) is 1. The van der Waals surface area contributed by atoms with Crippen molar-refractivity contribution in [2.24, 2.45) is 7.05 Å². The van der Waals surface area contributed by atoms with Crippen molar-refractivity contribution in [3.8, 4) is 0 Å². The van der Waals surface area contributed by atoms with E-state index in [2.05, 4.69) is 10.4 Å². The summed E-state index contributed by atoms with van der Waals surface area (Å²) in [5.74, 6) is -0.446. The van der Waals surface area contributed by atoms with E-state index >= 15 is 0 Å². The van der Waals surface area contributed by atoms with E-state index < -0.39 is 9.84 Å². The summed E-state index contributed by atoms with van der Waals surface area (Å²) < 4.78 is 24.9. The van der Waals surface area contributed by atoms with E-state index in [9.17, 15) is 13.2 Å². The molecule has 0 aromatic carbocycles. The van der Waals surface area contributed by atoms with Gasteiger partial charge < -0.3 is 5.32 Å². The van der Waals surface area contributed by atoms with Crippen molar-refractivity contribution in [1.29, 1.82) is 0 Å². The van der Waals surface area contributed by atoms with Crippen molar-refractivity contribution < 1.29 is 13.2 Å². The van der Waals surface area contributed by atoms with Crippen molar-refractivity contribution in [3.05, 3.63) is 5.69 Å². The summed E-state index contributed by atoms with van der Waals surface area (Å²) in [5.41, 5.74) is 0.839. The van der Waals surface area contributed by atoms with Gasteiger partial charge in [-0.15, -0.1) is 0 Å². The molecule has 0 unspecified atom stereocenters. The molecule has 1 aromatic rings. The molecule has 7 heteroatoms. The lowest BCUT2D eigenvalue weighted by molar-refractivity contribution is -0.115. The van der Waals surface area contributed by atoms with Gasteiger partial charge in [-0.3, -0.25) is 9.48 Å². The Morgan fingerprint density at radius 1 is 1.47 bits per heavy atom. The van der Waals surface area contributed by atoms with Crippen LogP contribution in [0.25, 0.3) is 0 Å². The Hall–Kier alpha value is -1.37. The van der Waals surface area contributed by atoms with Gasteiger partial charge in [0.2, 0.25) is 5.91 Å². The molecule has 0 bridgehead atoms. The Kier molecular flexibility index (Phi) is 2.07. The summed E-state index contributed by atoms with van der Waals surface area (Å²) in [6.07, 6.45) is -0.00352. The highest BCUT2D eigenvalue weighted by Crippen LogP contribution is 2.28. The van der Waals surface area contributed by atoms with E-state index in [1.54, 1.807) is 14.0 Å². The molecule has 1 amide bonds. The summed E-state index contributed by atoms with van der Waals surface area (Å²) >= 11 is 0. The van der Waals surface area contributed by atoms with Crippen LogP contribution in [0.1, 0.15) is 12.1 Å². The molecule has 0 saturated heterocycles. The second-order valence-corrected chi connectivity index (χ2v) is 5.53. The first kappa shape index (κ1) is 10.2. The quantitative estimate of drug-likeness (QED) is 0.670. The van der Waals surface area contributed by atoms with Gasteiger partial charge in [0.25, 0.3) is 0 Å². The predicted molar refractivity (Wildman–Crippen MR) is 53.2 cm³/mol. The summed E-state index contributed by atoms with van der Waals surface area (Å²) in [6.45, 7) is 1.67. The average molecular weight is 229 g/mol. The molecule has 1 aliphatic rings. The molecule has 2 rings (SSSR count). The number of aromatic nitrogens is 2. The van der Waals surface area contributed by atoms with Gasteiger partial charge in [-0.25, -0.2) is 8.42 Å². The largest absolute Gasteiger partial charge is 0.322 e. The van der Waals surface area contributed by atoms with Crippen LogP contribution in [0.15, 0.2) is 5.03 Å².